The lowest BCUT2D eigenvalue weighted by molar-refractivity contribution is 1.34. The molecule has 3 rings (SSSR count). The second-order valence-electron chi connectivity index (χ2n) is 4.21. The van der Waals surface area contributed by atoms with Gasteiger partial charge in [0.25, 0.3) is 0 Å². The Bertz CT molecular complexity index is 683. The van der Waals surface area contributed by atoms with Crippen molar-refractivity contribution in [2.45, 2.75) is 0 Å². The van der Waals surface area contributed by atoms with E-state index >= 15 is 0 Å². The molecule has 1 N–H and O–H groups in total. The quantitative estimate of drug-likeness (QED) is 0.683. The second kappa shape index (κ2) is 4.49. The molecule has 0 aliphatic rings. The number of fused-ring (bicyclic) bond motifs is 1. The highest BCUT2D eigenvalue weighted by atomic mass is 14.9. The van der Waals surface area contributed by atoms with Crippen molar-refractivity contribution in [1.29, 1.82) is 0 Å². The minimum Gasteiger partial charge on any atom is -0.355 e. The summed E-state index contributed by atoms with van der Waals surface area (Å²) in [5, 5.41) is 3.35. The van der Waals surface area contributed by atoms with E-state index in [4.69, 9.17) is 0 Å². The standard InChI is InChI=1S/C14H12BN3/c15-14-9-16-12-7-6-11(8-13(12)18-14)17-10-4-2-1-3-5-10/h1-9,17H,15H2. The van der Waals surface area contributed by atoms with E-state index in [1.807, 2.05) is 56.4 Å². The molecule has 18 heavy (non-hydrogen) atoms. The van der Waals surface area contributed by atoms with Crippen LogP contribution in [0.15, 0.2) is 54.7 Å². The minimum absolute atomic E-state index is 0.913. The van der Waals surface area contributed by atoms with Crippen LogP contribution in [0.2, 0.25) is 0 Å². The Morgan fingerprint density at radius 2 is 1.72 bits per heavy atom. The minimum atomic E-state index is 0.913. The number of hydrogen-bond acceptors (Lipinski definition) is 3. The fourth-order valence-electron chi connectivity index (χ4n) is 1.87. The molecular weight excluding hydrogens is 221 g/mol. The lowest BCUT2D eigenvalue weighted by atomic mass is 10.1. The summed E-state index contributed by atoms with van der Waals surface area (Å²) in [4.78, 5) is 8.81. The van der Waals surface area contributed by atoms with Gasteiger partial charge in [0, 0.05) is 23.2 Å². The van der Waals surface area contributed by atoms with E-state index < -0.39 is 0 Å². The largest absolute Gasteiger partial charge is 0.355 e. The molecule has 0 bridgehead atoms. The number of anilines is 2. The summed E-state index contributed by atoms with van der Waals surface area (Å²) < 4.78 is 0. The Kier molecular flexibility index (Phi) is 2.69. The van der Waals surface area contributed by atoms with Crippen LogP contribution >= 0.6 is 0 Å². The van der Waals surface area contributed by atoms with E-state index in [0.717, 1.165) is 28.0 Å². The summed E-state index contributed by atoms with van der Waals surface area (Å²) in [5.74, 6) is 0. The molecule has 0 spiro atoms. The van der Waals surface area contributed by atoms with E-state index in [-0.39, 0.29) is 0 Å². The Hall–Kier alpha value is -2.36. The molecule has 0 saturated carbocycles. The van der Waals surface area contributed by atoms with Gasteiger partial charge in [-0.15, -0.1) is 0 Å². The first kappa shape index (κ1) is 10.8. The molecule has 0 radical (unpaired) electrons. The van der Waals surface area contributed by atoms with Gasteiger partial charge in [0.05, 0.1) is 11.0 Å². The lowest BCUT2D eigenvalue weighted by Gasteiger charge is -2.07. The van der Waals surface area contributed by atoms with Crippen LogP contribution in [-0.2, 0) is 0 Å². The molecule has 86 valence electrons. The number of para-hydroxylation sites is 1. The third-order valence-electron chi connectivity index (χ3n) is 2.73. The molecule has 0 unspecified atom stereocenters. The Labute approximate surface area is 106 Å². The molecule has 1 aromatic heterocycles. The highest BCUT2D eigenvalue weighted by Gasteiger charge is 1.99. The van der Waals surface area contributed by atoms with E-state index in [1.165, 1.54) is 0 Å². The van der Waals surface area contributed by atoms with E-state index in [0.29, 0.717) is 0 Å². The monoisotopic (exact) mass is 233 g/mol. The molecule has 0 atom stereocenters. The van der Waals surface area contributed by atoms with Crippen LogP contribution in [0.5, 0.6) is 0 Å². The van der Waals surface area contributed by atoms with Crippen molar-refractivity contribution in [1.82, 2.24) is 9.97 Å². The van der Waals surface area contributed by atoms with Crippen LogP contribution in [0, 0.1) is 0 Å². The number of aromatic nitrogens is 2. The second-order valence-corrected chi connectivity index (χ2v) is 4.21. The first-order valence-electron chi connectivity index (χ1n) is 5.87. The zero-order chi connectivity index (χ0) is 12.4. The highest BCUT2D eigenvalue weighted by molar-refractivity contribution is 6.30. The van der Waals surface area contributed by atoms with Gasteiger partial charge in [-0.05, 0) is 30.3 Å². The maximum Gasteiger partial charge on any atom is 0.166 e. The molecule has 0 aliphatic carbocycles. The van der Waals surface area contributed by atoms with Gasteiger partial charge in [0.15, 0.2) is 7.85 Å². The van der Waals surface area contributed by atoms with Gasteiger partial charge >= 0.3 is 0 Å². The zero-order valence-corrected chi connectivity index (χ0v) is 10.1. The molecule has 2 aromatic carbocycles. The van der Waals surface area contributed by atoms with E-state index in [2.05, 4.69) is 15.3 Å². The predicted octanol–water partition coefficient (Wildman–Crippen LogP) is 1.63. The smallest absolute Gasteiger partial charge is 0.166 e. The molecule has 4 heteroatoms. The van der Waals surface area contributed by atoms with Crippen LogP contribution in [0.3, 0.4) is 0 Å². The van der Waals surface area contributed by atoms with Crippen LogP contribution in [0.25, 0.3) is 11.0 Å². The molecule has 1 heterocycles. The Morgan fingerprint density at radius 1 is 0.889 bits per heavy atom. The summed E-state index contributed by atoms with van der Waals surface area (Å²) in [5.41, 5.74) is 4.85. The number of benzene rings is 2. The fourth-order valence-corrected chi connectivity index (χ4v) is 1.87. The van der Waals surface area contributed by atoms with E-state index in [9.17, 15) is 0 Å². The van der Waals surface area contributed by atoms with Gasteiger partial charge in [-0.1, -0.05) is 18.2 Å². The van der Waals surface area contributed by atoms with Crippen LogP contribution in [-0.4, -0.2) is 17.8 Å². The maximum absolute atomic E-state index is 4.48. The first-order chi connectivity index (χ1) is 8.81. The third kappa shape index (κ3) is 2.18. The van der Waals surface area contributed by atoms with Gasteiger partial charge in [-0.25, -0.2) is 0 Å². The maximum atomic E-state index is 4.48. The van der Waals surface area contributed by atoms with Gasteiger partial charge in [-0.3, -0.25) is 9.97 Å². The van der Waals surface area contributed by atoms with Crippen molar-refractivity contribution in [3.8, 4) is 0 Å². The van der Waals surface area contributed by atoms with Crippen molar-refractivity contribution in [2.24, 2.45) is 0 Å². The molecule has 3 aromatic rings. The van der Waals surface area contributed by atoms with Crippen LogP contribution < -0.4 is 10.9 Å². The number of hydrogen-bond donors (Lipinski definition) is 1. The molecule has 0 aliphatic heterocycles. The topological polar surface area (TPSA) is 37.8 Å². The predicted molar refractivity (Wildman–Crippen MR) is 77.4 cm³/mol. The summed E-state index contributed by atoms with van der Waals surface area (Å²) >= 11 is 0. The molecule has 0 saturated heterocycles. The van der Waals surface area contributed by atoms with Crippen molar-refractivity contribution < 1.29 is 0 Å². The number of nitrogens with one attached hydrogen (secondary N) is 1. The normalized spacial score (nSPS) is 10.4. The fraction of sp³-hybridized carbons (Fsp3) is 0. The summed E-state index contributed by atoms with van der Waals surface area (Å²) in [6.45, 7) is 0. The van der Waals surface area contributed by atoms with Gasteiger partial charge < -0.3 is 5.32 Å². The molecule has 0 amide bonds. The summed E-state index contributed by atoms with van der Waals surface area (Å²) in [7, 11) is 1.95. The molecular formula is C14H12BN3. The van der Waals surface area contributed by atoms with Crippen molar-refractivity contribution >= 4 is 35.8 Å². The Morgan fingerprint density at radius 3 is 2.56 bits per heavy atom. The molecule has 3 nitrogen and oxygen atoms in total. The highest BCUT2D eigenvalue weighted by Crippen LogP contribution is 2.19. The van der Waals surface area contributed by atoms with E-state index in [1.54, 1.807) is 6.20 Å². The zero-order valence-electron chi connectivity index (χ0n) is 10.1. The van der Waals surface area contributed by atoms with Crippen molar-refractivity contribution in [3.05, 3.63) is 54.7 Å². The number of rotatable bonds is 2. The van der Waals surface area contributed by atoms with Crippen LogP contribution in [0.4, 0.5) is 11.4 Å². The SMILES string of the molecule is Bc1cnc2ccc(Nc3ccccc3)cc2n1. The number of nitrogens with zero attached hydrogens (tertiary/aromatic N) is 2. The summed E-state index contributed by atoms with van der Waals surface area (Å²) in [6.07, 6.45) is 1.78. The van der Waals surface area contributed by atoms with Crippen molar-refractivity contribution in [2.75, 3.05) is 5.32 Å². The lowest BCUT2D eigenvalue weighted by Crippen LogP contribution is -2.08. The van der Waals surface area contributed by atoms with Crippen molar-refractivity contribution in [3.63, 3.8) is 0 Å². The Balaban J connectivity index is 1.98. The van der Waals surface area contributed by atoms with Crippen LogP contribution in [0.1, 0.15) is 0 Å². The molecule has 0 fully saturated rings. The third-order valence-corrected chi connectivity index (χ3v) is 2.73. The van der Waals surface area contributed by atoms with Gasteiger partial charge in [0.2, 0.25) is 0 Å². The van der Waals surface area contributed by atoms with Gasteiger partial charge in [-0.2, -0.15) is 0 Å². The average Bonchev–Trinajstić information content (AvgIpc) is 2.39. The van der Waals surface area contributed by atoms with Gasteiger partial charge in [0.1, 0.15) is 0 Å². The first-order valence-corrected chi connectivity index (χ1v) is 5.87. The average molecular weight is 233 g/mol. The summed E-state index contributed by atoms with van der Waals surface area (Å²) in [6, 6.07) is 16.1.